The third-order valence-corrected chi connectivity index (χ3v) is 2.93. The van der Waals surface area contributed by atoms with E-state index in [2.05, 4.69) is 0 Å². The van der Waals surface area contributed by atoms with E-state index in [1.807, 2.05) is 13.8 Å². The molecule has 12 heavy (non-hydrogen) atoms. The number of fused-ring (bicyclic) bond motifs is 1. The van der Waals surface area contributed by atoms with Crippen LogP contribution in [0.4, 0.5) is 0 Å². The average molecular weight is 167 g/mol. The van der Waals surface area contributed by atoms with E-state index < -0.39 is 0 Å². The number of carbonyl (C=O) groups is 2. The van der Waals surface area contributed by atoms with Gasteiger partial charge in [-0.05, 0) is 12.8 Å². The molecule has 3 heteroatoms. The molecule has 2 amide bonds. The van der Waals surface area contributed by atoms with Crippen molar-refractivity contribution in [3.05, 3.63) is 0 Å². The van der Waals surface area contributed by atoms with Gasteiger partial charge in [-0.25, -0.2) is 0 Å². The van der Waals surface area contributed by atoms with Crippen LogP contribution in [0, 0.1) is 11.8 Å². The van der Waals surface area contributed by atoms with Gasteiger partial charge in [0.15, 0.2) is 0 Å². The smallest absolute Gasteiger partial charge is 0.232 e. The van der Waals surface area contributed by atoms with E-state index in [1.165, 1.54) is 4.90 Å². The first-order valence-electron chi connectivity index (χ1n) is 4.48. The Kier molecular flexibility index (Phi) is 1.50. The molecule has 2 aliphatic rings. The van der Waals surface area contributed by atoms with E-state index in [4.69, 9.17) is 0 Å². The second-order valence-electron chi connectivity index (χ2n) is 3.97. The highest BCUT2D eigenvalue weighted by molar-refractivity contribution is 6.00. The molecule has 0 saturated carbocycles. The Labute approximate surface area is 71.7 Å². The first-order chi connectivity index (χ1) is 5.61. The Morgan fingerprint density at radius 3 is 1.83 bits per heavy atom. The average Bonchev–Trinajstić information content (AvgIpc) is 2.40. The molecule has 2 aliphatic heterocycles. The van der Waals surface area contributed by atoms with Crippen LogP contribution in [-0.4, -0.2) is 22.8 Å². The molecule has 3 nitrogen and oxygen atoms in total. The lowest BCUT2D eigenvalue weighted by Crippen LogP contribution is -2.33. The van der Waals surface area contributed by atoms with E-state index in [1.54, 1.807) is 0 Å². The van der Waals surface area contributed by atoms with Crippen LogP contribution in [0.2, 0.25) is 0 Å². The summed E-state index contributed by atoms with van der Waals surface area (Å²) in [5, 5.41) is 0. The van der Waals surface area contributed by atoms with E-state index in [0.29, 0.717) is 0 Å². The first kappa shape index (κ1) is 7.77. The number of carbonyl (C=O) groups excluding carboxylic acids is 2. The van der Waals surface area contributed by atoms with Crippen molar-refractivity contribution < 1.29 is 9.59 Å². The Morgan fingerprint density at radius 2 is 1.50 bits per heavy atom. The fourth-order valence-electron chi connectivity index (χ4n) is 2.27. The molecule has 2 saturated heterocycles. The molecule has 2 fully saturated rings. The lowest BCUT2D eigenvalue weighted by Gasteiger charge is -2.12. The number of nitrogens with zero attached hydrogens (tertiary/aromatic N) is 1. The molecule has 0 bridgehead atoms. The number of hydrogen-bond donors (Lipinski definition) is 0. The van der Waals surface area contributed by atoms with Gasteiger partial charge < -0.3 is 0 Å². The van der Waals surface area contributed by atoms with Gasteiger partial charge in [-0.1, -0.05) is 13.8 Å². The van der Waals surface area contributed by atoms with Crippen molar-refractivity contribution in [2.24, 2.45) is 11.8 Å². The molecule has 0 radical (unpaired) electrons. The van der Waals surface area contributed by atoms with Crippen LogP contribution in [0.3, 0.4) is 0 Å². The van der Waals surface area contributed by atoms with Crippen LogP contribution in [0.25, 0.3) is 0 Å². The van der Waals surface area contributed by atoms with Gasteiger partial charge in [0, 0.05) is 17.9 Å². The predicted octanol–water partition coefficient (Wildman–Crippen LogP) is 0.790. The minimum absolute atomic E-state index is 0.0364. The molecule has 0 spiro atoms. The van der Waals surface area contributed by atoms with Crippen LogP contribution < -0.4 is 0 Å². The highest BCUT2D eigenvalue weighted by atomic mass is 16.2. The Hall–Kier alpha value is -0.860. The van der Waals surface area contributed by atoms with Crippen molar-refractivity contribution in [2.75, 3.05) is 0 Å². The first-order valence-corrected chi connectivity index (χ1v) is 4.48. The summed E-state index contributed by atoms with van der Waals surface area (Å²) < 4.78 is 0. The van der Waals surface area contributed by atoms with Crippen LogP contribution in [-0.2, 0) is 9.59 Å². The molecule has 66 valence electrons. The maximum Gasteiger partial charge on any atom is 0.232 e. The molecule has 2 atom stereocenters. The molecule has 0 aromatic carbocycles. The lowest BCUT2D eigenvalue weighted by molar-refractivity contribution is -0.143. The summed E-state index contributed by atoms with van der Waals surface area (Å²) in [6, 6.07) is 0.218. The monoisotopic (exact) mass is 167 g/mol. The Balaban J connectivity index is 2.26. The van der Waals surface area contributed by atoms with Crippen molar-refractivity contribution in [1.82, 2.24) is 4.90 Å². The minimum Gasteiger partial charge on any atom is -0.279 e. The van der Waals surface area contributed by atoms with Crippen LogP contribution in [0.15, 0.2) is 0 Å². The maximum absolute atomic E-state index is 11.4. The van der Waals surface area contributed by atoms with E-state index in [-0.39, 0.29) is 29.7 Å². The lowest BCUT2D eigenvalue weighted by atomic mass is 10.0. The SMILES string of the molecule is C[C@@H]1CC2C[C@@H](C)C(=O)N2C1=O. The number of amides is 2. The molecular formula is C9H13NO2. The highest BCUT2D eigenvalue weighted by Gasteiger charge is 2.47. The molecule has 0 aromatic rings. The third kappa shape index (κ3) is 0.822. The van der Waals surface area contributed by atoms with E-state index >= 15 is 0 Å². The standard InChI is InChI=1S/C9H13NO2/c1-5-3-7-4-6(2)9(12)10(7)8(5)11/h5-7H,3-4H2,1-2H3/t5-,6-/m1/s1. The second-order valence-corrected chi connectivity index (χ2v) is 3.97. The largest absolute Gasteiger partial charge is 0.279 e. The molecule has 0 unspecified atom stereocenters. The summed E-state index contributed by atoms with van der Waals surface area (Å²) in [5.74, 6) is 0.196. The van der Waals surface area contributed by atoms with E-state index in [0.717, 1.165) is 12.8 Å². The molecule has 0 N–H and O–H groups in total. The fourth-order valence-corrected chi connectivity index (χ4v) is 2.27. The van der Waals surface area contributed by atoms with Gasteiger partial charge in [0.05, 0.1) is 0 Å². The third-order valence-electron chi connectivity index (χ3n) is 2.93. The topological polar surface area (TPSA) is 37.4 Å². The van der Waals surface area contributed by atoms with Crippen LogP contribution >= 0.6 is 0 Å². The van der Waals surface area contributed by atoms with Crippen LogP contribution in [0.1, 0.15) is 26.7 Å². The van der Waals surface area contributed by atoms with Gasteiger partial charge in [0.25, 0.3) is 0 Å². The van der Waals surface area contributed by atoms with Gasteiger partial charge in [0.1, 0.15) is 0 Å². The summed E-state index contributed by atoms with van der Waals surface area (Å²) in [5.41, 5.74) is 0. The van der Waals surface area contributed by atoms with Gasteiger partial charge >= 0.3 is 0 Å². The minimum atomic E-state index is 0.0364. The Morgan fingerprint density at radius 1 is 1.08 bits per heavy atom. The van der Waals surface area contributed by atoms with Crippen molar-refractivity contribution in [2.45, 2.75) is 32.7 Å². The maximum atomic E-state index is 11.4. The van der Waals surface area contributed by atoms with Crippen molar-refractivity contribution in [1.29, 1.82) is 0 Å². The zero-order chi connectivity index (χ0) is 8.88. The fraction of sp³-hybridized carbons (Fsp3) is 0.778. The summed E-state index contributed by atoms with van der Waals surface area (Å²) in [6.07, 6.45) is 1.74. The number of imide groups is 1. The molecular weight excluding hydrogens is 154 g/mol. The summed E-state index contributed by atoms with van der Waals surface area (Å²) in [7, 11) is 0. The van der Waals surface area contributed by atoms with Gasteiger partial charge in [-0.15, -0.1) is 0 Å². The normalized spacial score (nSPS) is 36.3. The zero-order valence-electron chi connectivity index (χ0n) is 7.41. The van der Waals surface area contributed by atoms with Gasteiger partial charge in [-0.3, -0.25) is 14.5 Å². The number of rotatable bonds is 0. The quantitative estimate of drug-likeness (QED) is 0.500. The van der Waals surface area contributed by atoms with Gasteiger partial charge in [-0.2, -0.15) is 0 Å². The molecule has 2 rings (SSSR count). The highest BCUT2D eigenvalue weighted by Crippen LogP contribution is 2.35. The zero-order valence-corrected chi connectivity index (χ0v) is 7.41. The number of hydrogen-bond acceptors (Lipinski definition) is 2. The van der Waals surface area contributed by atoms with Crippen molar-refractivity contribution in [3.63, 3.8) is 0 Å². The van der Waals surface area contributed by atoms with E-state index in [9.17, 15) is 9.59 Å². The Bertz CT molecular complexity index is 225. The molecule has 2 heterocycles. The predicted molar refractivity (Wildman–Crippen MR) is 43.2 cm³/mol. The molecule has 0 aromatic heterocycles. The summed E-state index contributed by atoms with van der Waals surface area (Å²) in [6.45, 7) is 3.80. The second kappa shape index (κ2) is 2.31. The van der Waals surface area contributed by atoms with Crippen LogP contribution in [0.5, 0.6) is 0 Å². The van der Waals surface area contributed by atoms with Crippen molar-refractivity contribution >= 4 is 11.8 Å². The van der Waals surface area contributed by atoms with Crippen molar-refractivity contribution in [3.8, 4) is 0 Å². The summed E-state index contributed by atoms with van der Waals surface area (Å²) in [4.78, 5) is 24.4. The van der Waals surface area contributed by atoms with Gasteiger partial charge in [0.2, 0.25) is 11.8 Å². The summed E-state index contributed by atoms with van der Waals surface area (Å²) >= 11 is 0. The molecule has 0 aliphatic carbocycles.